The van der Waals surface area contributed by atoms with Gasteiger partial charge in [0.1, 0.15) is 0 Å². The van der Waals surface area contributed by atoms with E-state index in [1.54, 1.807) is 11.3 Å². The molecule has 0 saturated heterocycles. The Hall–Kier alpha value is -0.380. The first-order valence-corrected chi connectivity index (χ1v) is 6.11. The summed E-state index contributed by atoms with van der Waals surface area (Å²) in [5.41, 5.74) is 0. The van der Waals surface area contributed by atoms with Crippen LogP contribution in [0.3, 0.4) is 0 Å². The summed E-state index contributed by atoms with van der Waals surface area (Å²) in [6, 6.07) is 4.61. The van der Waals surface area contributed by atoms with Crippen LogP contribution in [0.15, 0.2) is 17.5 Å². The topological polar surface area (TPSA) is 21.3 Å². The maximum absolute atomic E-state index is 5.57. The van der Waals surface area contributed by atoms with Gasteiger partial charge in [-0.3, -0.25) is 0 Å². The highest BCUT2D eigenvalue weighted by Crippen LogP contribution is 2.19. The van der Waals surface area contributed by atoms with Gasteiger partial charge in [-0.25, -0.2) is 0 Å². The van der Waals surface area contributed by atoms with Gasteiger partial charge in [-0.05, 0) is 24.4 Å². The molecule has 0 amide bonds. The van der Waals surface area contributed by atoms with Crippen molar-refractivity contribution in [1.82, 2.24) is 5.32 Å². The van der Waals surface area contributed by atoms with Crippen LogP contribution in [0.5, 0.6) is 0 Å². The maximum Gasteiger partial charge on any atom is 0.0669 e. The van der Waals surface area contributed by atoms with Gasteiger partial charge in [-0.1, -0.05) is 19.9 Å². The summed E-state index contributed by atoms with van der Waals surface area (Å²) in [4.78, 5) is 1.36. The molecule has 80 valence electrons. The van der Waals surface area contributed by atoms with Crippen LogP contribution in [0.4, 0.5) is 0 Å². The number of hydrogen-bond acceptors (Lipinski definition) is 3. The molecule has 1 N–H and O–H groups in total. The molecule has 1 aromatic rings. The quantitative estimate of drug-likeness (QED) is 0.703. The van der Waals surface area contributed by atoms with Gasteiger partial charge < -0.3 is 10.1 Å². The second-order valence-corrected chi connectivity index (χ2v) is 4.18. The standard InChI is InChI=1S/C11H19NOS/c1-3-7-13-9-10(12-4-2)11-6-5-8-14-11/h5-6,8,10,12H,3-4,7,9H2,1-2H3. The third-order valence-electron chi connectivity index (χ3n) is 1.97. The van der Waals surface area contributed by atoms with Crippen molar-refractivity contribution < 1.29 is 4.74 Å². The fourth-order valence-corrected chi connectivity index (χ4v) is 2.11. The molecule has 0 saturated carbocycles. The van der Waals surface area contributed by atoms with Crippen molar-refractivity contribution in [2.75, 3.05) is 19.8 Å². The predicted molar refractivity (Wildman–Crippen MR) is 61.8 cm³/mol. The van der Waals surface area contributed by atoms with Gasteiger partial charge in [0.05, 0.1) is 12.6 Å². The highest BCUT2D eigenvalue weighted by atomic mass is 32.1. The van der Waals surface area contributed by atoms with Gasteiger partial charge in [-0.2, -0.15) is 0 Å². The SMILES string of the molecule is CCCOCC(NCC)c1cccs1. The zero-order chi connectivity index (χ0) is 10.2. The normalized spacial score (nSPS) is 13.0. The first-order chi connectivity index (χ1) is 6.88. The molecule has 14 heavy (non-hydrogen) atoms. The van der Waals surface area contributed by atoms with Crippen LogP contribution in [0.2, 0.25) is 0 Å². The number of likely N-dealkylation sites (N-methyl/N-ethyl adjacent to an activating group) is 1. The Morgan fingerprint density at radius 3 is 2.93 bits per heavy atom. The molecule has 0 aliphatic carbocycles. The number of ether oxygens (including phenoxy) is 1. The highest BCUT2D eigenvalue weighted by Gasteiger charge is 2.10. The van der Waals surface area contributed by atoms with Gasteiger partial charge >= 0.3 is 0 Å². The van der Waals surface area contributed by atoms with Crippen molar-refractivity contribution >= 4 is 11.3 Å². The largest absolute Gasteiger partial charge is 0.379 e. The molecule has 1 aromatic heterocycles. The Kier molecular flexibility index (Phi) is 5.83. The second-order valence-electron chi connectivity index (χ2n) is 3.20. The van der Waals surface area contributed by atoms with Gasteiger partial charge in [0.2, 0.25) is 0 Å². The molecule has 2 nitrogen and oxygen atoms in total. The van der Waals surface area contributed by atoms with Crippen molar-refractivity contribution in [3.63, 3.8) is 0 Å². The van der Waals surface area contributed by atoms with Crippen molar-refractivity contribution in [2.24, 2.45) is 0 Å². The summed E-state index contributed by atoms with van der Waals surface area (Å²) in [5, 5.41) is 5.54. The molecule has 0 aliphatic heterocycles. The lowest BCUT2D eigenvalue weighted by molar-refractivity contribution is 0.113. The van der Waals surface area contributed by atoms with Gasteiger partial charge in [0, 0.05) is 11.5 Å². The van der Waals surface area contributed by atoms with Crippen LogP contribution >= 0.6 is 11.3 Å². The lowest BCUT2D eigenvalue weighted by Gasteiger charge is -2.16. The van der Waals surface area contributed by atoms with Gasteiger partial charge in [-0.15, -0.1) is 11.3 Å². The molecule has 1 rings (SSSR count). The number of nitrogens with one attached hydrogen (secondary N) is 1. The zero-order valence-electron chi connectivity index (χ0n) is 8.95. The highest BCUT2D eigenvalue weighted by molar-refractivity contribution is 7.10. The smallest absolute Gasteiger partial charge is 0.0669 e. The number of thiophene rings is 1. The third-order valence-corrected chi connectivity index (χ3v) is 2.96. The summed E-state index contributed by atoms with van der Waals surface area (Å²) in [6.07, 6.45) is 1.09. The second kappa shape index (κ2) is 6.98. The molecule has 0 aromatic carbocycles. The zero-order valence-corrected chi connectivity index (χ0v) is 9.77. The van der Waals surface area contributed by atoms with Gasteiger partial charge in [0.25, 0.3) is 0 Å². The molecule has 0 aliphatic rings. The molecule has 0 bridgehead atoms. The summed E-state index contributed by atoms with van der Waals surface area (Å²) in [6.45, 7) is 6.88. The molecule has 1 atom stereocenters. The minimum Gasteiger partial charge on any atom is -0.379 e. The Morgan fingerprint density at radius 1 is 1.50 bits per heavy atom. The predicted octanol–water partition coefficient (Wildman–Crippen LogP) is 2.83. The molecule has 1 heterocycles. The van der Waals surface area contributed by atoms with Crippen LogP contribution in [-0.2, 0) is 4.74 Å². The molecule has 0 radical (unpaired) electrons. The Bertz CT molecular complexity index is 223. The molecule has 1 unspecified atom stereocenters. The monoisotopic (exact) mass is 213 g/mol. The summed E-state index contributed by atoms with van der Waals surface area (Å²) >= 11 is 1.79. The maximum atomic E-state index is 5.57. The van der Waals surface area contributed by atoms with E-state index in [2.05, 4.69) is 36.7 Å². The average molecular weight is 213 g/mol. The first-order valence-electron chi connectivity index (χ1n) is 5.23. The first kappa shape index (κ1) is 11.7. The number of hydrogen-bond donors (Lipinski definition) is 1. The minimum atomic E-state index is 0.367. The molecule has 0 spiro atoms. The van der Waals surface area contributed by atoms with E-state index in [0.29, 0.717) is 6.04 Å². The molecule has 0 fully saturated rings. The Morgan fingerprint density at radius 2 is 2.36 bits per heavy atom. The lowest BCUT2D eigenvalue weighted by Crippen LogP contribution is -2.24. The van der Waals surface area contributed by atoms with E-state index >= 15 is 0 Å². The summed E-state index contributed by atoms with van der Waals surface area (Å²) in [5.74, 6) is 0. The fraction of sp³-hybridized carbons (Fsp3) is 0.636. The minimum absolute atomic E-state index is 0.367. The van der Waals surface area contributed by atoms with E-state index in [1.165, 1.54) is 4.88 Å². The fourth-order valence-electron chi connectivity index (χ4n) is 1.32. The van der Waals surface area contributed by atoms with Crippen molar-refractivity contribution in [3.8, 4) is 0 Å². The van der Waals surface area contributed by atoms with Crippen LogP contribution in [0.25, 0.3) is 0 Å². The van der Waals surface area contributed by atoms with Crippen LogP contribution in [0, 0.1) is 0 Å². The summed E-state index contributed by atoms with van der Waals surface area (Å²) < 4.78 is 5.57. The molecule has 3 heteroatoms. The van der Waals surface area contributed by atoms with Crippen molar-refractivity contribution in [3.05, 3.63) is 22.4 Å². The molecular weight excluding hydrogens is 194 g/mol. The van der Waals surface area contributed by atoms with E-state index in [-0.39, 0.29) is 0 Å². The van der Waals surface area contributed by atoms with Crippen LogP contribution < -0.4 is 5.32 Å². The Labute approximate surface area is 90.3 Å². The van der Waals surface area contributed by atoms with E-state index in [4.69, 9.17) is 4.74 Å². The van der Waals surface area contributed by atoms with Crippen LogP contribution in [-0.4, -0.2) is 19.8 Å². The van der Waals surface area contributed by atoms with E-state index in [9.17, 15) is 0 Å². The Balaban J connectivity index is 2.39. The lowest BCUT2D eigenvalue weighted by atomic mass is 10.2. The third kappa shape index (κ3) is 3.78. The molecular formula is C11H19NOS. The summed E-state index contributed by atoms with van der Waals surface area (Å²) in [7, 11) is 0. The van der Waals surface area contributed by atoms with E-state index < -0.39 is 0 Å². The van der Waals surface area contributed by atoms with Crippen LogP contribution in [0.1, 0.15) is 31.2 Å². The number of rotatable bonds is 7. The van der Waals surface area contributed by atoms with E-state index in [1.807, 2.05) is 0 Å². The van der Waals surface area contributed by atoms with E-state index in [0.717, 1.165) is 26.2 Å². The van der Waals surface area contributed by atoms with Crippen molar-refractivity contribution in [2.45, 2.75) is 26.3 Å². The van der Waals surface area contributed by atoms with Crippen molar-refractivity contribution in [1.29, 1.82) is 0 Å². The van der Waals surface area contributed by atoms with Gasteiger partial charge in [0.15, 0.2) is 0 Å². The average Bonchev–Trinajstić information content (AvgIpc) is 2.70.